The Kier molecular flexibility index (Phi) is 5.40. The summed E-state index contributed by atoms with van der Waals surface area (Å²) >= 11 is 1.46. The van der Waals surface area contributed by atoms with Gasteiger partial charge in [0.1, 0.15) is 5.75 Å². The van der Waals surface area contributed by atoms with Gasteiger partial charge in [-0.15, -0.1) is 0 Å². The summed E-state index contributed by atoms with van der Waals surface area (Å²) in [6.07, 6.45) is 0. The number of anilines is 1. The number of aryl methyl sites for hydroxylation is 1. The number of nitrogens with zero attached hydrogens (tertiary/aromatic N) is 1. The van der Waals surface area contributed by atoms with Gasteiger partial charge in [-0.25, -0.2) is 4.98 Å². The lowest BCUT2D eigenvalue weighted by Crippen LogP contribution is -2.11. The Morgan fingerprint density at radius 1 is 0.931 bits per heavy atom. The summed E-state index contributed by atoms with van der Waals surface area (Å²) < 4.78 is 5.27. The molecule has 4 rings (SSSR count). The van der Waals surface area contributed by atoms with Crippen molar-refractivity contribution in [3.05, 3.63) is 90.0 Å². The van der Waals surface area contributed by atoms with Crippen LogP contribution < -0.4 is 10.1 Å². The Hall–Kier alpha value is -3.44. The molecule has 0 aliphatic rings. The Morgan fingerprint density at radius 3 is 2.38 bits per heavy atom. The van der Waals surface area contributed by atoms with Crippen LogP contribution in [0.3, 0.4) is 0 Å². The fourth-order valence-electron chi connectivity index (χ4n) is 3.06. The number of ether oxygens (including phenoxy) is 1. The van der Waals surface area contributed by atoms with E-state index < -0.39 is 0 Å². The third-order valence-corrected chi connectivity index (χ3v) is 5.55. The summed E-state index contributed by atoms with van der Waals surface area (Å²) in [5.74, 6) is 0.635. The van der Waals surface area contributed by atoms with Crippen molar-refractivity contribution < 1.29 is 9.53 Å². The number of aromatic nitrogens is 1. The zero-order valence-electron chi connectivity index (χ0n) is 16.2. The Labute approximate surface area is 173 Å². The van der Waals surface area contributed by atoms with E-state index in [-0.39, 0.29) is 5.91 Å². The van der Waals surface area contributed by atoms with Gasteiger partial charge in [0.2, 0.25) is 0 Å². The maximum absolute atomic E-state index is 12.7. The zero-order valence-corrected chi connectivity index (χ0v) is 17.0. The van der Waals surface area contributed by atoms with E-state index in [0.29, 0.717) is 10.7 Å². The highest BCUT2D eigenvalue weighted by Gasteiger charge is 2.17. The van der Waals surface area contributed by atoms with Gasteiger partial charge >= 0.3 is 0 Å². The molecule has 0 spiro atoms. The predicted octanol–water partition coefficient (Wildman–Crippen LogP) is 6.05. The van der Waals surface area contributed by atoms with Crippen molar-refractivity contribution in [2.45, 2.75) is 6.92 Å². The van der Waals surface area contributed by atoms with E-state index in [2.05, 4.69) is 5.32 Å². The first-order chi connectivity index (χ1) is 14.1. The molecule has 0 aliphatic carbocycles. The van der Waals surface area contributed by atoms with Crippen LogP contribution in [0, 0.1) is 6.92 Å². The molecule has 1 aromatic heterocycles. The number of rotatable bonds is 5. The van der Waals surface area contributed by atoms with Gasteiger partial charge in [-0.3, -0.25) is 10.1 Å². The second kappa shape index (κ2) is 8.29. The molecule has 0 saturated heterocycles. The molecule has 0 fully saturated rings. The van der Waals surface area contributed by atoms with E-state index in [1.165, 1.54) is 11.3 Å². The number of amides is 1. The molecule has 1 N–H and O–H groups in total. The van der Waals surface area contributed by atoms with Crippen molar-refractivity contribution in [1.82, 2.24) is 4.98 Å². The lowest BCUT2D eigenvalue weighted by Gasteiger charge is -2.04. The van der Waals surface area contributed by atoms with Gasteiger partial charge in [-0.1, -0.05) is 59.4 Å². The summed E-state index contributed by atoms with van der Waals surface area (Å²) in [7, 11) is 1.65. The van der Waals surface area contributed by atoms with Crippen LogP contribution in [0.4, 0.5) is 5.13 Å². The van der Waals surface area contributed by atoms with Gasteiger partial charge in [0.15, 0.2) is 5.13 Å². The Morgan fingerprint density at radius 2 is 1.69 bits per heavy atom. The quantitative estimate of drug-likeness (QED) is 0.444. The van der Waals surface area contributed by atoms with Gasteiger partial charge < -0.3 is 4.74 Å². The summed E-state index contributed by atoms with van der Waals surface area (Å²) in [5, 5.41) is 3.52. The molecular weight excluding hydrogens is 380 g/mol. The molecule has 4 nitrogen and oxygen atoms in total. The minimum absolute atomic E-state index is 0.164. The number of methoxy groups -OCH3 is 1. The molecule has 5 heteroatoms. The van der Waals surface area contributed by atoms with Crippen molar-refractivity contribution in [3.63, 3.8) is 0 Å². The molecule has 144 valence electrons. The molecule has 1 heterocycles. The molecule has 3 aromatic carbocycles. The minimum atomic E-state index is -0.164. The lowest BCUT2D eigenvalue weighted by atomic mass is 10.1. The molecule has 0 atom stereocenters. The third-order valence-electron chi connectivity index (χ3n) is 4.53. The van der Waals surface area contributed by atoms with Crippen molar-refractivity contribution in [2.24, 2.45) is 0 Å². The van der Waals surface area contributed by atoms with Gasteiger partial charge in [-0.2, -0.15) is 0 Å². The SMILES string of the molecule is COc1ccc(-c2sc(NC(=O)c3cccc(C)c3)nc2-c2ccccc2)cc1. The van der Waals surface area contributed by atoms with Crippen LogP contribution in [0.1, 0.15) is 15.9 Å². The number of hydrogen-bond acceptors (Lipinski definition) is 4. The van der Waals surface area contributed by atoms with Gasteiger partial charge in [0.05, 0.1) is 17.7 Å². The smallest absolute Gasteiger partial charge is 0.257 e. The standard InChI is InChI=1S/C24H20N2O2S/c1-16-7-6-10-19(15-16)23(27)26-24-25-21(17-8-4-3-5-9-17)22(29-24)18-11-13-20(28-2)14-12-18/h3-15H,1-2H3,(H,25,26,27). The van der Waals surface area contributed by atoms with E-state index in [1.54, 1.807) is 13.2 Å². The first kappa shape index (κ1) is 18.9. The van der Waals surface area contributed by atoms with Crippen molar-refractivity contribution >= 4 is 22.4 Å². The lowest BCUT2D eigenvalue weighted by molar-refractivity contribution is 0.102. The van der Waals surface area contributed by atoms with E-state index in [1.807, 2.05) is 79.7 Å². The normalized spacial score (nSPS) is 10.6. The molecule has 0 saturated carbocycles. The molecule has 29 heavy (non-hydrogen) atoms. The molecule has 0 aliphatic heterocycles. The summed E-state index contributed by atoms with van der Waals surface area (Å²) in [6, 6.07) is 25.4. The van der Waals surface area contributed by atoms with E-state index in [0.717, 1.165) is 33.0 Å². The number of benzene rings is 3. The summed E-state index contributed by atoms with van der Waals surface area (Å²) in [5.41, 5.74) is 4.54. The van der Waals surface area contributed by atoms with Crippen LogP contribution in [0.25, 0.3) is 21.7 Å². The van der Waals surface area contributed by atoms with Crippen LogP contribution in [-0.2, 0) is 0 Å². The second-order valence-corrected chi connectivity index (χ2v) is 7.61. The molecule has 1 amide bonds. The van der Waals surface area contributed by atoms with Crippen LogP contribution in [0.5, 0.6) is 5.75 Å². The first-order valence-corrected chi connectivity index (χ1v) is 10.0. The van der Waals surface area contributed by atoms with E-state index in [4.69, 9.17) is 9.72 Å². The number of carbonyl (C=O) groups excluding carboxylic acids is 1. The van der Waals surface area contributed by atoms with Crippen LogP contribution in [-0.4, -0.2) is 18.0 Å². The molecule has 0 bridgehead atoms. The first-order valence-electron chi connectivity index (χ1n) is 9.23. The van der Waals surface area contributed by atoms with Gasteiger partial charge in [0.25, 0.3) is 5.91 Å². The van der Waals surface area contributed by atoms with Crippen molar-refractivity contribution in [3.8, 4) is 27.4 Å². The Balaban J connectivity index is 1.72. The molecule has 0 radical (unpaired) electrons. The maximum Gasteiger partial charge on any atom is 0.257 e. The van der Waals surface area contributed by atoms with Crippen LogP contribution in [0.15, 0.2) is 78.9 Å². The van der Waals surface area contributed by atoms with E-state index in [9.17, 15) is 4.79 Å². The van der Waals surface area contributed by atoms with Crippen molar-refractivity contribution in [1.29, 1.82) is 0 Å². The highest BCUT2D eigenvalue weighted by molar-refractivity contribution is 7.19. The highest BCUT2D eigenvalue weighted by atomic mass is 32.1. The topological polar surface area (TPSA) is 51.2 Å². The molecular formula is C24H20N2O2S. The highest BCUT2D eigenvalue weighted by Crippen LogP contribution is 2.39. The fourth-order valence-corrected chi connectivity index (χ4v) is 4.05. The monoisotopic (exact) mass is 400 g/mol. The van der Waals surface area contributed by atoms with E-state index >= 15 is 0 Å². The van der Waals surface area contributed by atoms with Crippen molar-refractivity contribution in [2.75, 3.05) is 12.4 Å². The fraction of sp³-hybridized carbons (Fsp3) is 0.0833. The molecule has 0 unspecified atom stereocenters. The number of thiazole rings is 1. The van der Waals surface area contributed by atoms with Gasteiger partial charge in [-0.05, 0) is 48.9 Å². The second-order valence-electron chi connectivity index (χ2n) is 6.61. The predicted molar refractivity (Wildman–Crippen MR) is 119 cm³/mol. The maximum atomic E-state index is 12.7. The van der Waals surface area contributed by atoms with Crippen LogP contribution in [0.2, 0.25) is 0 Å². The number of nitrogens with one attached hydrogen (secondary N) is 1. The summed E-state index contributed by atoms with van der Waals surface area (Å²) in [6.45, 7) is 1.97. The molecule has 4 aromatic rings. The third kappa shape index (κ3) is 4.20. The number of carbonyl (C=O) groups is 1. The minimum Gasteiger partial charge on any atom is -0.497 e. The largest absolute Gasteiger partial charge is 0.497 e. The van der Waals surface area contributed by atoms with Gasteiger partial charge in [0, 0.05) is 11.1 Å². The number of hydrogen-bond donors (Lipinski definition) is 1. The Bertz CT molecular complexity index is 1140. The average Bonchev–Trinajstić information content (AvgIpc) is 3.18. The van der Waals surface area contributed by atoms with Crippen LogP contribution >= 0.6 is 11.3 Å². The summed E-state index contributed by atoms with van der Waals surface area (Å²) in [4.78, 5) is 18.4. The zero-order chi connectivity index (χ0) is 20.2. The average molecular weight is 401 g/mol.